The van der Waals surface area contributed by atoms with Crippen LogP contribution in [0.15, 0.2) is 36.4 Å². The average molecular weight is 313 g/mol. The van der Waals surface area contributed by atoms with Crippen molar-refractivity contribution in [1.82, 2.24) is 5.32 Å². The molecule has 0 unspecified atom stereocenters. The molecule has 0 aliphatic carbocycles. The van der Waals surface area contributed by atoms with Gasteiger partial charge in [0, 0.05) is 0 Å². The van der Waals surface area contributed by atoms with Crippen molar-refractivity contribution in [2.24, 2.45) is 0 Å². The number of carbonyl (C=O) groups is 1. The zero-order chi connectivity index (χ0) is 17.0. The summed E-state index contributed by atoms with van der Waals surface area (Å²) in [6, 6.07) is 11.4. The number of ether oxygens (including phenoxy) is 2. The van der Waals surface area contributed by atoms with Crippen LogP contribution in [0.25, 0.3) is 0 Å². The minimum atomic E-state index is -0.215. The molecule has 0 aromatic heterocycles. The lowest BCUT2D eigenvalue weighted by atomic mass is 9.99. The number of methoxy groups -OCH3 is 2. The van der Waals surface area contributed by atoms with Gasteiger partial charge in [-0.3, -0.25) is 4.79 Å². The van der Waals surface area contributed by atoms with Gasteiger partial charge in [-0.2, -0.15) is 0 Å². The molecule has 4 nitrogen and oxygen atoms in total. The normalized spacial score (nSPS) is 11.7. The highest BCUT2D eigenvalue weighted by Gasteiger charge is 2.20. The van der Waals surface area contributed by atoms with Crippen molar-refractivity contribution in [3.8, 4) is 11.5 Å². The molecule has 1 N–H and O–H groups in total. The molecule has 1 atom stereocenters. The van der Waals surface area contributed by atoms with Gasteiger partial charge in [-0.15, -0.1) is 0 Å². The van der Waals surface area contributed by atoms with Crippen LogP contribution in [0, 0.1) is 13.8 Å². The molecule has 1 amide bonds. The van der Waals surface area contributed by atoms with Crippen LogP contribution in [0.4, 0.5) is 0 Å². The van der Waals surface area contributed by atoms with Gasteiger partial charge in [0.2, 0.25) is 0 Å². The van der Waals surface area contributed by atoms with Crippen LogP contribution >= 0.6 is 0 Å². The Bertz CT molecular complexity index is 688. The SMILES string of the molecule is COc1cccc(OC)c1C(=O)N[C@@H](C)c1cc(C)ccc1C. The Morgan fingerprint density at radius 2 is 1.65 bits per heavy atom. The number of nitrogens with one attached hydrogen (secondary N) is 1. The first kappa shape index (κ1) is 16.9. The van der Waals surface area contributed by atoms with Crippen molar-refractivity contribution >= 4 is 5.91 Å². The number of carbonyl (C=O) groups excluding carboxylic acids is 1. The van der Waals surface area contributed by atoms with E-state index in [1.54, 1.807) is 32.4 Å². The molecule has 0 fully saturated rings. The largest absolute Gasteiger partial charge is 0.496 e. The lowest BCUT2D eigenvalue weighted by Crippen LogP contribution is -2.28. The second-order valence-corrected chi connectivity index (χ2v) is 5.59. The van der Waals surface area contributed by atoms with Gasteiger partial charge < -0.3 is 14.8 Å². The summed E-state index contributed by atoms with van der Waals surface area (Å²) in [5.74, 6) is 0.776. The molecule has 0 saturated heterocycles. The van der Waals surface area contributed by atoms with Crippen molar-refractivity contribution < 1.29 is 14.3 Å². The van der Waals surface area contributed by atoms with Crippen molar-refractivity contribution in [1.29, 1.82) is 0 Å². The van der Waals surface area contributed by atoms with E-state index in [-0.39, 0.29) is 11.9 Å². The molecule has 2 rings (SSSR count). The first-order chi connectivity index (χ1) is 11.0. The van der Waals surface area contributed by atoms with Gasteiger partial charge in [0.05, 0.1) is 20.3 Å². The second-order valence-electron chi connectivity index (χ2n) is 5.59. The zero-order valence-electron chi connectivity index (χ0n) is 14.3. The van der Waals surface area contributed by atoms with Crippen LogP contribution in [-0.4, -0.2) is 20.1 Å². The van der Waals surface area contributed by atoms with Gasteiger partial charge >= 0.3 is 0 Å². The molecule has 2 aromatic rings. The highest BCUT2D eigenvalue weighted by Crippen LogP contribution is 2.29. The topological polar surface area (TPSA) is 47.6 Å². The lowest BCUT2D eigenvalue weighted by molar-refractivity contribution is 0.0933. The molecule has 0 saturated carbocycles. The van der Waals surface area contributed by atoms with E-state index in [1.165, 1.54) is 5.56 Å². The van der Waals surface area contributed by atoms with E-state index in [4.69, 9.17) is 9.47 Å². The molecule has 0 aliphatic rings. The summed E-state index contributed by atoms with van der Waals surface area (Å²) in [6.07, 6.45) is 0. The maximum atomic E-state index is 12.7. The Labute approximate surface area is 137 Å². The Balaban J connectivity index is 2.30. The third-order valence-corrected chi connectivity index (χ3v) is 3.90. The van der Waals surface area contributed by atoms with Gasteiger partial charge in [-0.05, 0) is 44.0 Å². The quantitative estimate of drug-likeness (QED) is 0.913. The van der Waals surface area contributed by atoms with E-state index in [0.29, 0.717) is 17.1 Å². The number of amides is 1. The van der Waals surface area contributed by atoms with Crippen LogP contribution in [0.5, 0.6) is 11.5 Å². The maximum Gasteiger partial charge on any atom is 0.259 e. The molecule has 23 heavy (non-hydrogen) atoms. The molecule has 122 valence electrons. The zero-order valence-corrected chi connectivity index (χ0v) is 14.3. The first-order valence-electron chi connectivity index (χ1n) is 7.57. The Morgan fingerprint density at radius 1 is 1.04 bits per heavy atom. The van der Waals surface area contributed by atoms with Crippen LogP contribution in [-0.2, 0) is 0 Å². The van der Waals surface area contributed by atoms with Crippen molar-refractivity contribution in [2.45, 2.75) is 26.8 Å². The molecule has 0 aliphatic heterocycles. The van der Waals surface area contributed by atoms with Crippen molar-refractivity contribution in [3.63, 3.8) is 0 Å². The highest BCUT2D eigenvalue weighted by molar-refractivity contribution is 6.00. The molecule has 2 aromatic carbocycles. The Morgan fingerprint density at radius 3 is 2.22 bits per heavy atom. The van der Waals surface area contributed by atoms with Crippen molar-refractivity contribution in [3.05, 3.63) is 58.7 Å². The van der Waals surface area contributed by atoms with E-state index in [9.17, 15) is 4.79 Å². The fourth-order valence-electron chi connectivity index (χ4n) is 2.65. The number of rotatable bonds is 5. The summed E-state index contributed by atoms with van der Waals surface area (Å²) in [4.78, 5) is 12.7. The molecule has 0 spiro atoms. The van der Waals surface area contributed by atoms with E-state index in [0.717, 1.165) is 11.1 Å². The van der Waals surface area contributed by atoms with Gasteiger partial charge in [0.15, 0.2) is 0 Å². The monoisotopic (exact) mass is 313 g/mol. The van der Waals surface area contributed by atoms with Gasteiger partial charge in [0.1, 0.15) is 17.1 Å². The van der Waals surface area contributed by atoms with E-state index in [2.05, 4.69) is 23.5 Å². The van der Waals surface area contributed by atoms with E-state index in [1.807, 2.05) is 20.8 Å². The fraction of sp³-hybridized carbons (Fsp3) is 0.316. The van der Waals surface area contributed by atoms with Crippen LogP contribution in [0.3, 0.4) is 0 Å². The summed E-state index contributed by atoms with van der Waals surface area (Å²) in [5.41, 5.74) is 3.83. The predicted molar refractivity (Wildman–Crippen MR) is 91.3 cm³/mol. The molecular formula is C19H23NO3. The van der Waals surface area contributed by atoms with E-state index < -0.39 is 0 Å². The fourth-order valence-corrected chi connectivity index (χ4v) is 2.65. The molecular weight excluding hydrogens is 290 g/mol. The number of benzene rings is 2. The maximum absolute atomic E-state index is 12.7. The van der Waals surface area contributed by atoms with Gasteiger partial charge in [0.25, 0.3) is 5.91 Å². The number of aryl methyl sites for hydroxylation is 2. The van der Waals surface area contributed by atoms with Crippen LogP contribution in [0.1, 0.15) is 40.0 Å². The summed E-state index contributed by atoms with van der Waals surface area (Å²) in [6.45, 7) is 6.06. The number of hydrogen-bond donors (Lipinski definition) is 1. The minimum absolute atomic E-state index is 0.114. The minimum Gasteiger partial charge on any atom is -0.496 e. The van der Waals surface area contributed by atoms with Gasteiger partial charge in [-0.1, -0.05) is 29.8 Å². The summed E-state index contributed by atoms with van der Waals surface area (Å²) in [5, 5.41) is 3.03. The summed E-state index contributed by atoms with van der Waals surface area (Å²) in [7, 11) is 3.08. The predicted octanol–water partition coefficient (Wildman–Crippen LogP) is 3.81. The average Bonchev–Trinajstić information content (AvgIpc) is 2.55. The molecule has 0 bridgehead atoms. The third-order valence-electron chi connectivity index (χ3n) is 3.90. The highest BCUT2D eigenvalue weighted by atomic mass is 16.5. The molecule has 4 heteroatoms. The number of hydrogen-bond acceptors (Lipinski definition) is 3. The first-order valence-corrected chi connectivity index (χ1v) is 7.57. The summed E-state index contributed by atoms with van der Waals surface area (Å²) < 4.78 is 10.6. The molecule has 0 heterocycles. The molecule has 0 radical (unpaired) electrons. The van der Waals surface area contributed by atoms with Crippen LogP contribution < -0.4 is 14.8 Å². The lowest BCUT2D eigenvalue weighted by Gasteiger charge is -2.19. The summed E-state index contributed by atoms with van der Waals surface area (Å²) >= 11 is 0. The standard InChI is InChI=1S/C19H23NO3/c1-12-9-10-13(2)15(11-12)14(3)20-19(21)18-16(22-4)7-6-8-17(18)23-5/h6-11,14H,1-5H3,(H,20,21)/t14-/m0/s1. The van der Waals surface area contributed by atoms with Crippen molar-refractivity contribution in [2.75, 3.05) is 14.2 Å². The van der Waals surface area contributed by atoms with Crippen LogP contribution in [0.2, 0.25) is 0 Å². The van der Waals surface area contributed by atoms with Gasteiger partial charge in [-0.25, -0.2) is 0 Å². The second kappa shape index (κ2) is 7.18. The third kappa shape index (κ3) is 3.65. The Hall–Kier alpha value is -2.49. The smallest absolute Gasteiger partial charge is 0.259 e. The Kier molecular flexibility index (Phi) is 5.27. The van der Waals surface area contributed by atoms with E-state index >= 15 is 0 Å².